The Bertz CT molecular complexity index is 1300. The van der Waals surface area contributed by atoms with Crippen LogP contribution in [0.2, 0.25) is 0 Å². The number of nitrogens with one attached hydrogen (secondary N) is 1. The summed E-state index contributed by atoms with van der Waals surface area (Å²) in [5, 5.41) is 27.4. The molecular weight excluding hydrogens is 422 g/mol. The second kappa shape index (κ2) is 9.60. The van der Waals surface area contributed by atoms with Crippen LogP contribution in [0.4, 0.5) is 5.69 Å². The van der Waals surface area contributed by atoms with Gasteiger partial charge < -0.3 is 0 Å². The summed E-state index contributed by atoms with van der Waals surface area (Å²) in [5.74, 6) is 0.181. The molecule has 1 amide bonds. The zero-order valence-corrected chi connectivity index (χ0v) is 17.6. The highest BCUT2D eigenvalue weighted by Gasteiger charge is 2.09. The number of nitro groups is 1. The van der Waals surface area contributed by atoms with Crippen molar-refractivity contribution >= 4 is 17.3 Å². The topological polar surface area (TPSA) is 128 Å². The predicted octanol–water partition coefficient (Wildman–Crippen LogP) is 3.45. The number of rotatable bonds is 7. The Balaban J connectivity index is 1.36. The van der Waals surface area contributed by atoms with Crippen LogP contribution in [0.15, 0.2) is 84.0 Å². The number of benzene rings is 3. The SMILES string of the molecule is C/C(=N\NC(=O)c1ccc(Cn2nnc(-c3ccccc3)n2)cc1)c1ccc([N+](=O)[O-])cc1. The van der Waals surface area contributed by atoms with E-state index >= 15 is 0 Å². The molecule has 4 rings (SSSR count). The van der Waals surface area contributed by atoms with E-state index in [0.29, 0.717) is 29.2 Å². The number of amides is 1. The van der Waals surface area contributed by atoms with Crippen LogP contribution < -0.4 is 5.43 Å². The summed E-state index contributed by atoms with van der Waals surface area (Å²) >= 11 is 0. The van der Waals surface area contributed by atoms with Gasteiger partial charge >= 0.3 is 0 Å². The Hall–Kier alpha value is -4.73. The van der Waals surface area contributed by atoms with Crippen LogP contribution in [0, 0.1) is 10.1 Å². The van der Waals surface area contributed by atoms with Crippen LogP contribution in [0.1, 0.15) is 28.4 Å². The molecule has 0 fully saturated rings. The molecule has 10 heteroatoms. The molecule has 4 aromatic rings. The van der Waals surface area contributed by atoms with Gasteiger partial charge in [-0.05, 0) is 47.5 Å². The fraction of sp³-hybridized carbons (Fsp3) is 0.0870. The van der Waals surface area contributed by atoms with Gasteiger partial charge in [-0.3, -0.25) is 14.9 Å². The maximum atomic E-state index is 12.4. The molecule has 0 aliphatic rings. The smallest absolute Gasteiger partial charge is 0.267 e. The van der Waals surface area contributed by atoms with E-state index in [1.54, 1.807) is 31.2 Å². The molecule has 0 unspecified atom stereocenters. The lowest BCUT2D eigenvalue weighted by atomic mass is 10.1. The first kappa shape index (κ1) is 21.5. The molecule has 33 heavy (non-hydrogen) atoms. The molecule has 0 saturated heterocycles. The van der Waals surface area contributed by atoms with Crippen LogP contribution in [-0.4, -0.2) is 36.7 Å². The Morgan fingerprint density at radius 3 is 2.33 bits per heavy atom. The zero-order valence-electron chi connectivity index (χ0n) is 17.6. The second-order valence-corrected chi connectivity index (χ2v) is 7.15. The standard InChI is InChI=1S/C23H19N7O3/c1-16(18-11-13-21(14-12-18)30(32)33)24-26-23(31)20-9-7-17(8-10-20)15-29-27-22(25-28-29)19-5-3-2-4-6-19/h2-14H,15H2,1H3,(H,26,31)/b24-16+. The Kier molecular flexibility index (Phi) is 6.26. The fourth-order valence-corrected chi connectivity index (χ4v) is 3.03. The molecule has 0 aliphatic heterocycles. The molecule has 10 nitrogen and oxygen atoms in total. The summed E-state index contributed by atoms with van der Waals surface area (Å²) in [6, 6.07) is 22.5. The summed E-state index contributed by atoms with van der Waals surface area (Å²) in [6.07, 6.45) is 0. The van der Waals surface area contributed by atoms with Gasteiger partial charge in [-0.1, -0.05) is 42.5 Å². The van der Waals surface area contributed by atoms with E-state index in [1.165, 1.54) is 16.9 Å². The van der Waals surface area contributed by atoms with Gasteiger partial charge in [0, 0.05) is 23.3 Å². The number of aromatic nitrogens is 4. The van der Waals surface area contributed by atoms with Crippen molar-refractivity contribution < 1.29 is 9.72 Å². The van der Waals surface area contributed by atoms with Gasteiger partial charge in [-0.25, -0.2) is 5.43 Å². The number of hydrazone groups is 1. The quantitative estimate of drug-likeness (QED) is 0.266. The molecule has 1 heterocycles. The first-order valence-corrected chi connectivity index (χ1v) is 10.0. The molecule has 0 bridgehead atoms. The molecule has 3 aromatic carbocycles. The van der Waals surface area contributed by atoms with E-state index in [0.717, 1.165) is 11.1 Å². The summed E-state index contributed by atoms with van der Waals surface area (Å²) in [5.41, 5.74) is 5.94. The van der Waals surface area contributed by atoms with Gasteiger partial charge in [-0.15, -0.1) is 10.2 Å². The molecule has 0 atom stereocenters. The number of nitrogens with zero attached hydrogens (tertiary/aromatic N) is 6. The minimum atomic E-state index is -0.469. The summed E-state index contributed by atoms with van der Waals surface area (Å²) in [6.45, 7) is 2.12. The first-order valence-electron chi connectivity index (χ1n) is 10.0. The lowest BCUT2D eigenvalue weighted by Crippen LogP contribution is -2.19. The van der Waals surface area contributed by atoms with E-state index in [9.17, 15) is 14.9 Å². The maximum Gasteiger partial charge on any atom is 0.271 e. The summed E-state index contributed by atoms with van der Waals surface area (Å²) < 4.78 is 0. The van der Waals surface area contributed by atoms with Gasteiger partial charge in [0.15, 0.2) is 0 Å². The average molecular weight is 441 g/mol. The highest BCUT2D eigenvalue weighted by molar-refractivity contribution is 6.01. The third kappa shape index (κ3) is 5.31. The van der Waals surface area contributed by atoms with Crippen molar-refractivity contribution in [3.8, 4) is 11.4 Å². The summed E-state index contributed by atoms with van der Waals surface area (Å²) in [7, 11) is 0. The minimum absolute atomic E-state index is 0.00643. The van der Waals surface area contributed by atoms with Crippen molar-refractivity contribution in [2.75, 3.05) is 0 Å². The number of carbonyl (C=O) groups excluding carboxylic acids is 1. The third-order valence-corrected chi connectivity index (χ3v) is 4.85. The van der Waals surface area contributed by atoms with E-state index in [1.807, 2.05) is 42.5 Å². The Morgan fingerprint density at radius 2 is 1.67 bits per heavy atom. The molecular formula is C23H19N7O3. The third-order valence-electron chi connectivity index (χ3n) is 4.85. The molecule has 1 N–H and O–H groups in total. The number of tetrazole rings is 1. The van der Waals surface area contributed by atoms with Crippen molar-refractivity contribution in [1.82, 2.24) is 25.6 Å². The minimum Gasteiger partial charge on any atom is -0.267 e. The maximum absolute atomic E-state index is 12.4. The van der Waals surface area contributed by atoms with Gasteiger partial charge in [0.25, 0.3) is 11.6 Å². The lowest BCUT2D eigenvalue weighted by molar-refractivity contribution is -0.384. The van der Waals surface area contributed by atoms with Gasteiger partial charge in [0.05, 0.1) is 17.2 Å². The highest BCUT2D eigenvalue weighted by Crippen LogP contribution is 2.14. The van der Waals surface area contributed by atoms with Gasteiger partial charge in [0.1, 0.15) is 0 Å². The Labute approximate surface area is 188 Å². The van der Waals surface area contributed by atoms with E-state index in [4.69, 9.17) is 0 Å². The molecule has 1 aromatic heterocycles. The van der Waals surface area contributed by atoms with E-state index in [2.05, 4.69) is 25.9 Å². The van der Waals surface area contributed by atoms with Crippen LogP contribution >= 0.6 is 0 Å². The molecule has 164 valence electrons. The monoisotopic (exact) mass is 441 g/mol. The largest absolute Gasteiger partial charge is 0.271 e. The number of hydrogen-bond donors (Lipinski definition) is 1. The number of nitro benzene ring substituents is 1. The van der Waals surface area contributed by atoms with E-state index in [-0.39, 0.29) is 11.6 Å². The highest BCUT2D eigenvalue weighted by atomic mass is 16.6. The van der Waals surface area contributed by atoms with Crippen molar-refractivity contribution in [3.63, 3.8) is 0 Å². The Morgan fingerprint density at radius 1 is 1.00 bits per heavy atom. The van der Waals surface area contributed by atoms with Gasteiger partial charge in [-0.2, -0.15) is 9.90 Å². The number of hydrogen-bond acceptors (Lipinski definition) is 7. The normalized spacial score (nSPS) is 11.2. The molecule has 0 saturated carbocycles. The first-order chi connectivity index (χ1) is 16.0. The zero-order chi connectivity index (χ0) is 23.2. The van der Waals surface area contributed by atoms with Crippen molar-refractivity contribution in [2.45, 2.75) is 13.5 Å². The molecule has 0 radical (unpaired) electrons. The fourth-order valence-electron chi connectivity index (χ4n) is 3.03. The van der Waals surface area contributed by atoms with Crippen LogP contribution in [0.3, 0.4) is 0 Å². The van der Waals surface area contributed by atoms with Gasteiger partial charge in [0.2, 0.25) is 5.82 Å². The van der Waals surface area contributed by atoms with Crippen molar-refractivity contribution in [3.05, 3.63) is 106 Å². The number of carbonyl (C=O) groups is 1. The van der Waals surface area contributed by atoms with Crippen LogP contribution in [-0.2, 0) is 6.54 Å². The van der Waals surface area contributed by atoms with Crippen LogP contribution in [0.25, 0.3) is 11.4 Å². The van der Waals surface area contributed by atoms with Crippen molar-refractivity contribution in [2.24, 2.45) is 5.10 Å². The predicted molar refractivity (Wildman–Crippen MR) is 122 cm³/mol. The van der Waals surface area contributed by atoms with E-state index < -0.39 is 4.92 Å². The second-order valence-electron chi connectivity index (χ2n) is 7.15. The average Bonchev–Trinajstić information content (AvgIpc) is 3.32. The lowest BCUT2D eigenvalue weighted by Gasteiger charge is -2.05. The summed E-state index contributed by atoms with van der Waals surface area (Å²) in [4.78, 5) is 24.2. The molecule has 0 aliphatic carbocycles. The van der Waals surface area contributed by atoms with Crippen molar-refractivity contribution in [1.29, 1.82) is 0 Å². The number of non-ortho nitro benzene ring substituents is 1. The van der Waals surface area contributed by atoms with Crippen LogP contribution in [0.5, 0.6) is 0 Å². The molecule has 0 spiro atoms.